The molecule has 2 aliphatic heterocycles. The van der Waals surface area contributed by atoms with Gasteiger partial charge in [0.25, 0.3) is 0 Å². The molecule has 0 saturated carbocycles. The number of nitrogens with zero attached hydrogens (tertiary/aromatic N) is 4. The van der Waals surface area contributed by atoms with Crippen molar-refractivity contribution in [3.8, 4) is 0 Å². The van der Waals surface area contributed by atoms with Gasteiger partial charge in [-0.1, -0.05) is 18.2 Å². The number of rotatable bonds is 4. The molecule has 28 heavy (non-hydrogen) atoms. The van der Waals surface area contributed by atoms with Crippen LogP contribution in [0.4, 0.5) is 11.5 Å². The van der Waals surface area contributed by atoms with Gasteiger partial charge in [0.15, 0.2) is 0 Å². The Kier molecular flexibility index (Phi) is 5.37. The van der Waals surface area contributed by atoms with Crippen LogP contribution in [0.25, 0.3) is 6.08 Å². The number of aromatic nitrogens is 1. The first kappa shape index (κ1) is 18.2. The summed E-state index contributed by atoms with van der Waals surface area (Å²) in [6, 6.07) is 13.7. The van der Waals surface area contributed by atoms with E-state index in [9.17, 15) is 9.59 Å². The van der Waals surface area contributed by atoms with Crippen molar-refractivity contribution in [2.45, 2.75) is 12.8 Å². The maximum Gasteiger partial charge on any atom is 0.246 e. The Hall–Kier alpha value is -3.15. The molecule has 0 N–H and O–H groups in total. The predicted molar refractivity (Wildman–Crippen MR) is 110 cm³/mol. The van der Waals surface area contributed by atoms with Crippen LogP contribution in [-0.4, -0.2) is 54.4 Å². The second-order valence-corrected chi connectivity index (χ2v) is 7.07. The van der Waals surface area contributed by atoms with Crippen LogP contribution < -0.4 is 9.80 Å². The molecular weight excluding hydrogens is 352 g/mol. The third-order valence-electron chi connectivity index (χ3n) is 5.26. The Morgan fingerprint density at radius 2 is 1.75 bits per heavy atom. The molecule has 0 bridgehead atoms. The van der Waals surface area contributed by atoms with Gasteiger partial charge in [-0.15, -0.1) is 0 Å². The Morgan fingerprint density at radius 1 is 0.964 bits per heavy atom. The Morgan fingerprint density at radius 3 is 2.39 bits per heavy atom. The minimum atomic E-state index is 0.0273. The molecule has 4 rings (SSSR count). The van der Waals surface area contributed by atoms with Crippen LogP contribution in [0.3, 0.4) is 0 Å². The summed E-state index contributed by atoms with van der Waals surface area (Å²) < 4.78 is 0. The lowest BCUT2D eigenvalue weighted by molar-refractivity contribution is -0.126. The normalized spacial score (nSPS) is 17.6. The quantitative estimate of drug-likeness (QED) is 0.770. The Labute approximate surface area is 165 Å². The molecule has 0 aliphatic carbocycles. The standard InChI is InChI=1S/C22H24N4O2/c27-21(25-16-14-24(15-17-25)20-4-1-2-12-23-20)11-8-18-6-9-19(10-7-18)26-13-3-5-22(26)28/h1-2,4,6-12H,3,5,13-17H2/b11-8+. The minimum absolute atomic E-state index is 0.0273. The van der Waals surface area contributed by atoms with Gasteiger partial charge < -0.3 is 14.7 Å². The van der Waals surface area contributed by atoms with Crippen LogP contribution in [0.1, 0.15) is 18.4 Å². The molecule has 2 aliphatic rings. The van der Waals surface area contributed by atoms with Crippen molar-refractivity contribution in [2.24, 2.45) is 0 Å². The lowest BCUT2D eigenvalue weighted by Gasteiger charge is -2.34. The van der Waals surface area contributed by atoms with E-state index in [1.54, 1.807) is 12.3 Å². The number of carbonyl (C=O) groups is 2. The summed E-state index contributed by atoms with van der Waals surface area (Å²) >= 11 is 0. The third kappa shape index (κ3) is 4.06. The smallest absolute Gasteiger partial charge is 0.246 e. The van der Waals surface area contributed by atoms with Crippen molar-refractivity contribution in [3.63, 3.8) is 0 Å². The molecule has 2 fully saturated rings. The van der Waals surface area contributed by atoms with Gasteiger partial charge in [0.2, 0.25) is 11.8 Å². The van der Waals surface area contributed by atoms with E-state index in [0.717, 1.165) is 43.1 Å². The van der Waals surface area contributed by atoms with Crippen molar-refractivity contribution in [1.82, 2.24) is 9.88 Å². The number of benzene rings is 1. The van der Waals surface area contributed by atoms with Gasteiger partial charge >= 0.3 is 0 Å². The lowest BCUT2D eigenvalue weighted by Crippen LogP contribution is -2.48. The second-order valence-electron chi connectivity index (χ2n) is 7.07. The SMILES string of the molecule is O=C(/C=C/c1ccc(N2CCCC2=O)cc1)N1CCN(c2ccccn2)CC1. The van der Waals surface area contributed by atoms with Gasteiger partial charge in [-0.25, -0.2) is 4.98 Å². The van der Waals surface area contributed by atoms with Crippen LogP contribution in [0.15, 0.2) is 54.7 Å². The number of hydrogen-bond donors (Lipinski definition) is 0. The van der Waals surface area contributed by atoms with Crippen molar-refractivity contribution in [2.75, 3.05) is 42.5 Å². The van der Waals surface area contributed by atoms with E-state index in [0.29, 0.717) is 19.5 Å². The van der Waals surface area contributed by atoms with Crippen LogP contribution in [0.2, 0.25) is 0 Å². The van der Waals surface area contributed by atoms with Crippen molar-refractivity contribution in [1.29, 1.82) is 0 Å². The molecule has 0 atom stereocenters. The summed E-state index contributed by atoms with van der Waals surface area (Å²) in [6.45, 7) is 3.74. The fourth-order valence-corrected chi connectivity index (χ4v) is 3.66. The number of hydrogen-bond acceptors (Lipinski definition) is 4. The van der Waals surface area contributed by atoms with Crippen LogP contribution in [-0.2, 0) is 9.59 Å². The summed E-state index contributed by atoms with van der Waals surface area (Å²) in [5.41, 5.74) is 1.88. The van der Waals surface area contributed by atoms with Crippen molar-refractivity contribution < 1.29 is 9.59 Å². The van der Waals surface area contributed by atoms with Crippen LogP contribution in [0, 0.1) is 0 Å². The number of pyridine rings is 1. The molecule has 2 amide bonds. The zero-order chi connectivity index (χ0) is 19.3. The van der Waals surface area contributed by atoms with Gasteiger partial charge in [0, 0.05) is 57.1 Å². The second kappa shape index (κ2) is 8.25. The topological polar surface area (TPSA) is 56.8 Å². The molecule has 1 aromatic carbocycles. The largest absolute Gasteiger partial charge is 0.353 e. The maximum absolute atomic E-state index is 12.5. The molecule has 144 valence electrons. The average Bonchev–Trinajstić information content (AvgIpc) is 3.19. The highest BCUT2D eigenvalue weighted by atomic mass is 16.2. The number of anilines is 2. The summed E-state index contributed by atoms with van der Waals surface area (Å²) in [5.74, 6) is 1.17. The van der Waals surface area contributed by atoms with E-state index in [2.05, 4.69) is 9.88 Å². The number of amides is 2. The maximum atomic E-state index is 12.5. The molecular formula is C22H24N4O2. The van der Waals surface area contributed by atoms with Crippen LogP contribution in [0.5, 0.6) is 0 Å². The summed E-state index contributed by atoms with van der Waals surface area (Å²) in [6.07, 6.45) is 6.81. The Balaban J connectivity index is 1.31. The van der Waals surface area contributed by atoms with Gasteiger partial charge in [-0.05, 0) is 42.3 Å². The highest BCUT2D eigenvalue weighted by molar-refractivity contribution is 5.95. The molecule has 2 saturated heterocycles. The predicted octanol–water partition coefficient (Wildman–Crippen LogP) is 2.57. The molecule has 1 aromatic heterocycles. The highest BCUT2D eigenvalue weighted by Gasteiger charge is 2.22. The van der Waals surface area contributed by atoms with Crippen molar-refractivity contribution >= 4 is 29.4 Å². The van der Waals surface area contributed by atoms with Gasteiger partial charge in [-0.3, -0.25) is 9.59 Å². The van der Waals surface area contributed by atoms with Gasteiger partial charge in [0.1, 0.15) is 5.82 Å². The molecule has 0 radical (unpaired) electrons. The summed E-state index contributed by atoms with van der Waals surface area (Å²) in [4.78, 5) is 34.6. The lowest BCUT2D eigenvalue weighted by atomic mass is 10.1. The highest BCUT2D eigenvalue weighted by Crippen LogP contribution is 2.22. The number of carbonyl (C=O) groups excluding carboxylic acids is 2. The van der Waals surface area contributed by atoms with Crippen molar-refractivity contribution in [3.05, 3.63) is 60.3 Å². The molecule has 3 heterocycles. The number of piperazine rings is 1. The molecule has 0 unspecified atom stereocenters. The monoisotopic (exact) mass is 376 g/mol. The van der Waals surface area contributed by atoms with E-state index >= 15 is 0 Å². The molecule has 6 nitrogen and oxygen atoms in total. The Bertz CT molecular complexity index is 856. The molecule has 6 heteroatoms. The zero-order valence-corrected chi connectivity index (χ0v) is 15.8. The molecule has 0 spiro atoms. The molecule has 2 aromatic rings. The minimum Gasteiger partial charge on any atom is -0.353 e. The first-order valence-corrected chi connectivity index (χ1v) is 9.74. The van der Waals surface area contributed by atoms with E-state index in [1.165, 1.54) is 0 Å². The third-order valence-corrected chi connectivity index (χ3v) is 5.26. The van der Waals surface area contributed by atoms with E-state index < -0.39 is 0 Å². The zero-order valence-electron chi connectivity index (χ0n) is 15.8. The fraction of sp³-hybridized carbons (Fsp3) is 0.318. The fourth-order valence-electron chi connectivity index (χ4n) is 3.66. The van der Waals surface area contributed by atoms with Gasteiger partial charge in [0.05, 0.1) is 0 Å². The first-order valence-electron chi connectivity index (χ1n) is 9.74. The van der Waals surface area contributed by atoms with E-state index in [1.807, 2.05) is 58.3 Å². The van der Waals surface area contributed by atoms with Crippen LogP contribution >= 0.6 is 0 Å². The average molecular weight is 376 g/mol. The van der Waals surface area contributed by atoms with E-state index in [4.69, 9.17) is 0 Å². The van der Waals surface area contributed by atoms with E-state index in [-0.39, 0.29) is 11.8 Å². The summed E-state index contributed by atoms with van der Waals surface area (Å²) in [5, 5.41) is 0. The summed E-state index contributed by atoms with van der Waals surface area (Å²) in [7, 11) is 0. The first-order chi connectivity index (χ1) is 13.7. The van der Waals surface area contributed by atoms with Gasteiger partial charge in [-0.2, -0.15) is 0 Å².